The van der Waals surface area contributed by atoms with Gasteiger partial charge in [-0.05, 0) is 18.2 Å². The highest BCUT2D eigenvalue weighted by molar-refractivity contribution is 5.73. The van der Waals surface area contributed by atoms with E-state index in [1.807, 2.05) is 0 Å². The number of benzene rings is 1. The molecule has 0 bridgehead atoms. The van der Waals surface area contributed by atoms with Crippen molar-refractivity contribution in [2.75, 3.05) is 14.2 Å². The van der Waals surface area contributed by atoms with E-state index in [2.05, 4.69) is 0 Å². The van der Waals surface area contributed by atoms with E-state index in [9.17, 15) is 9.18 Å². The molecule has 100 valence electrons. The molecule has 0 saturated carbocycles. The van der Waals surface area contributed by atoms with Crippen LogP contribution in [0.3, 0.4) is 0 Å². The van der Waals surface area contributed by atoms with Gasteiger partial charge in [-0.3, -0.25) is 4.79 Å². The van der Waals surface area contributed by atoms with Gasteiger partial charge < -0.3 is 13.9 Å². The van der Waals surface area contributed by atoms with Crippen LogP contribution in [0.15, 0.2) is 34.7 Å². The maximum atomic E-state index is 14.0. The van der Waals surface area contributed by atoms with Gasteiger partial charge in [-0.2, -0.15) is 0 Å². The molecular weight excluding hydrogens is 251 g/mol. The van der Waals surface area contributed by atoms with Gasteiger partial charge in [-0.15, -0.1) is 0 Å². The Morgan fingerprint density at radius 3 is 2.53 bits per heavy atom. The van der Waals surface area contributed by atoms with Crippen LogP contribution in [-0.4, -0.2) is 20.5 Å². The molecule has 0 unspecified atom stereocenters. The number of carbonyl (C=O) groups is 1. The summed E-state index contributed by atoms with van der Waals surface area (Å²) < 4.78 is 29.5. The second-order valence-corrected chi connectivity index (χ2v) is 3.82. The zero-order valence-corrected chi connectivity index (χ0v) is 10.6. The van der Waals surface area contributed by atoms with E-state index >= 15 is 0 Å². The summed E-state index contributed by atoms with van der Waals surface area (Å²) in [6.45, 7) is 0. The first-order chi connectivity index (χ1) is 9.21. The van der Waals surface area contributed by atoms with Crippen molar-refractivity contribution >= 4 is 6.29 Å². The quantitative estimate of drug-likeness (QED) is 0.614. The Bertz CT molecular complexity index is 573. The minimum Gasteiger partial charge on any atom is -0.453 e. The third-order valence-electron chi connectivity index (χ3n) is 2.73. The molecule has 0 saturated heterocycles. The monoisotopic (exact) mass is 264 g/mol. The molecule has 5 heteroatoms. The minimum atomic E-state index is -0.846. The number of hydrogen-bond acceptors (Lipinski definition) is 4. The number of hydrogen-bond donors (Lipinski definition) is 0. The topological polar surface area (TPSA) is 48.7 Å². The van der Waals surface area contributed by atoms with Crippen molar-refractivity contribution in [1.82, 2.24) is 0 Å². The molecule has 0 radical (unpaired) electrons. The van der Waals surface area contributed by atoms with Crippen LogP contribution in [0.4, 0.5) is 4.39 Å². The lowest BCUT2D eigenvalue weighted by atomic mass is 10.0. The van der Waals surface area contributed by atoms with E-state index in [1.54, 1.807) is 18.2 Å². The first-order valence-corrected chi connectivity index (χ1v) is 5.60. The standard InChI is InChI=1S/C14H13FO4/c1-17-14(18-2)13-10(4-3-5-11(13)15)12-7-6-9(8-16)19-12/h3-8,14H,1-2H3. The summed E-state index contributed by atoms with van der Waals surface area (Å²) in [7, 11) is 2.84. The molecule has 2 aromatic rings. The van der Waals surface area contributed by atoms with Crippen LogP contribution in [-0.2, 0) is 9.47 Å². The largest absolute Gasteiger partial charge is 0.453 e. The zero-order chi connectivity index (χ0) is 13.8. The van der Waals surface area contributed by atoms with E-state index in [0.29, 0.717) is 17.6 Å². The molecule has 4 nitrogen and oxygen atoms in total. The summed E-state index contributed by atoms with van der Waals surface area (Å²) in [6, 6.07) is 7.67. The normalized spacial score (nSPS) is 10.9. The molecule has 0 aliphatic carbocycles. The average molecular weight is 264 g/mol. The Balaban J connectivity index is 2.56. The Hall–Kier alpha value is -1.98. The van der Waals surface area contributed by atoms with Gasteiger partial charge in [0.05, 0.1) is 5.56 Å². The molecule has 1 aromatic heterocycles. The third-order valence-corrected chi connectivity index (χ3v) is 2.73. The molecule has 1 aromatic carbocycles. The fourth-order valence-corrected chi connectivity index (χ4v) is 1.88. The molecule has 0 spiro atoms. The van der Waals surface area contributed by atoms with Crippen molar-refractivity contribution in [3.63, 3.8) is 0 Å². The lowest BCUT2D eigenvalue weighted by Gasteiger charge is -2.17. The van der Waals surface area contributed by atoms with Crippen molar-refractivity contribution < 1.29 is 23.1 Å². The van der Waals surface area contributed by atoms with E-state index in [1.165, 1.54) is 26.4 Å². The fraction of sp³-hybridized carbons (Fsp3) is 0.214. The summed E-state index contributed by atoms with van der Waals surface area (Å²) in [5.41, 5.74) is 0.723. The first-order valence-electron chi connectivity index (χ1n) is 5.60. The molecule has 19 heavy (non-hydrogen) atoms. The van der Waals surface area contributed by atoms with Crippen molar-refractivity contribution in [2.24, 2.45) is 0 Å². The summed E-state index contributed by atoms with van der Waals surface area (Å²) in [5.74, 6) is 0.0996. The van der Waals surface area contributed by atoms with Crippen LogP contribution in [0.1, 0.15) is 22.4 Å². The van der Waals surface area contributed by atoms with Gasteiger partial charge in [0.25, 0.3) is 0 Å². The van der Waals surface area contributed by atoms with Crippen molar-refractivity contribution in [1.29, 1.82) is 0 Å². The van der Waals surface area contributed by atoms with E-state index in [4.69, 9.17) is 13.9 Å². The highest BCUT2D eigenvalue weighted by Crippen LogP contribution is 2.33. The summed E-state index contributed by atoms with van der Waals surface area (Å²) in [4.78, 5) is 10.6. The smallest absolute Gasteiger partial charge is 0.186 e. The molecule has 0 amide bonds. The highest BCUT2D eigenvalue weighted by Gasteiger charge is 2.21. The van der Waals surface area contributed by atoms with Gasteiger partial charge in [0.2, 0.25) is 0 Å². The molecule has 0 aliphatic rings. The van der Waals surface area contributed by atoms with Crippen LogP contribution >= 0.6 is 0 Å². The molecular formula is C14H13FO4. The summed E-state index contributed by atoms with van der Waals surface area (Å²) in [6.07, 6.45) is -0.256. The maximum Gasteiger partial charge on any atom is 0.186 e. The molecule has 0 fully saturated rings. The zero-order valence-electron chi connectivity index (χ0n) is 10.6. The average Bonchev–Trinajstić information content (AvgIpc) is 2.90. The second kappa shape index (κ2) is 5.77. The molecule has 1 heterocycles. The number of carbonyl (C=O) groups excluding carboxylic acids is 1. The predicted octanol–water partition coefficient (Wildman–Crippen LogP) is 3.19. The van der Waals surface area contributed by atoms with E-state index < -0.39 is 12.1 Å². The lowest BCUT2D eigenvalue weighted by Crippen LogP contribution is -2.08. The number of halogens is 1. The Kier molecular flexibility index (Phi) is 4.09. The van der Waals surface area contributed by atoms with Gasteiger partial charge >= 0.3 is 0 Å². The molecule has 0 N–H and O–H groups in total. The number of methoxy groups -OCH3 is 2. The minimum absolute atomic E-state index is 0.177. The Morgan fingerprint density at radius 2 is 1.95 bits per heavy atom. The van der Waals surface area contributed by atoms with Gasteiger partial charge in [-0.25, -0.2) is 4.39 Å². The summed E-state index contributed by atoms with van der Waals surface area (Å²) in [5, 5.41) is 0. The number of ether oxygens (including phenoxy) is 2. The number of aldehydes is 1. The highest BCUT2D eigenvalue weighted by atomic mass is 19.1. The van der Waals surface area contributed by atoms with Gasteiger partial charge in [-0.1, -0.05) is 12.1 Å². The predicted molar refractivity (Wildman–Crippen MR) is 66.2 cm³/mol. The van der Waals surface area contributed by atoms with Crippen molar-refractivity contribution in [3.05, 3.63) is 47.5 Å². The van der Waals surface area contributed by atoms with Crippen LogP contribution in [0.25, 0.3) is 11.3 Å². The van der Waals surface area contributed by atoms with Crippen LogP contribution in [0.2, 0.25) is 0 Å². The number of furan rings is 1. The number of rotatable bonds is 5. The Labute approximate surface area is 109 Å². The van der Waals surface area contributed by atoms with E-state index in [0.717, 1.165) is 0 Å². The summed E-state index contributed by atoms with van der Waals surface area (Å²) >= 11 is 0. The van der Waals surface area contributed by atoms with Gasteiger partial charge in [0, 0.05) is 19.8 Å². The van der Waals surface area contributed by atoms with Crippen LogP contribution in [0.5, 0.6) is 0 Å². The SMILES string of the molecule is COC(OC)c1c(F)cccc1-c1ccc(C=O)o1. The van der Waals surface area contributed by atoms with E-state index in [-0.39, 0.29) is 11.3 Å². The Morgan fingerprint density at radius 1 is 1.21 bits per heavy atom. The van der Waals surface area contributed by atoms with Crippen molar-refractivity contribution in [2.45, 2.75) is 6.29 Å². The third kappa shape index (κ3) is 2.57. The fourth-order valence-electron chi connectivity index (χ4n) is 1.88. The van der Waals surface area contributed by atoms with Crippen LogP contribution < -0.4 is 0 Å². The molecule has 2 rings (SSSR count). The maximum absolute atomic E-state index is 14.0. The second-order valence-electron chi connectivity index (χ2n) is 3.82. The van der Waals surface area contributed by atoms with Gasteiger partial charge in [0.15, 0.2) is 18.3 Å². The van der Waals surface area contributed by atoms with Crippen molar-refractivity contribution in [3.8, 4) is 11.3 Å². The first kappa shape index (κ1) is 13.5. The molecule has 0 atom stereocenters. The van der Waals surface area contributed by atoms with Crippen LogP contribution in [0, 0.1) is 5.82 Å². The molecule has 0 aliphatic heterocycles. The lowest BCUT2D eigenvalue weighted by molar-refractivity contribution is -0.107. The van der Waals surface area contributed by atoms with Gasteiger partial charge in [0.1, 0.15) is 11.6 Å².